The Hall–Kier alpha value is -3.61. The predicted octanol–water partition coefficient (Wildman–Crippen LogP) is 5.05. The Balaban J connectivity index is 1.66. The third kappa shape index (κ3) is 4.77. The van der Waals surface area contributed by atoms with Gasteiger partial charge in [-0.25, -0.2) is 19.9 Å². The zero-order valence-electron chi connectivity index (χ0n) is 16.6. The first-order chi connectivity index (χ1) is 15.6. The van der Waals surface area contributed by atoms with Crippen LogP contribution in [0.4, 0.5) is 27.8 Å². The zero-order valence-corrected chi connectivity index (χ0v) is 17.3. The third-order valence-electron chi connectivity index (χ3n) is 4.49. The van der Waals surface area contributed by atoms with Crippen LogP contribution < -0.4 is 10.1 Å². The first-order valence-electron chi connectivity index (χ1n) is 9.22. The number of nitrogens with one attached hydrogen (secondary N) is 1. The quantitative estimate of drug-likeness (QED) is 0.382. The van der Waals surface area contributed by atoms with Gasteiger partial charge in [0.25, 0.3) is 0 Å². The smallest absolute Gasteiger partial charge is 0.418 e. The highest BCUT2D eigenvalue weighted by atomic mass is 35.5. The molecule has 0 aliphatic carbocycles. The van der Waals surface area contributed by atoms with Gasteiger partial charge in [0.05, 0.1) is 23.3 Å². The predicted molar refractivity (Wildman–Crippen MR) is 107 cm³/mol. The molecule has 172 valence electrons. The van der Waals surface area contributed by atoms with E-state index >= 15 is 0 Å². The van der Waals surface area contributed by atoms with E-state index in [1.807, 2.05) is 0 Å². The average Bonchev–Trinajstić information content (AvgIpc) is 3.23. The van der Waals surface area contributed by atoms with Gasteiger partial charge in [-0.15, -0.1) is 0 Å². The number of hydrogen-bond donors (Lipinski definition) is 1. The Kier molecular flexibility index (Phi) is 5.97. The van der Waals surface area contributed by atoms with Crippen LogP contribution in [-0.4, -0.2) is 36.3 Å². The van der Waals surface area contributed by atoms with E-state index in [1.165, 1.54) is 29.2 Å². The van der Waals surface area contributed by atoms with E-state index < -0.39 is 24.4 Å². The fourth-order valence-electron chi connectivity index (χ4n) is 3.13. The molecule has 33 heavy (non-hydrogen) atoms. The lowest BCUT2D eigenvalue weighted by Gasteiger charge is -2.17. The molecule has 1 atom stereocenters. The van der Waals surface area contributed by atoms with E-state index in [9.17, 15) is 22.0 Å². The van der Waals surface area contributed by atoms with E-state index in [0.717, 1.165) is 18.6 Å². The molecular weight excluding hydrogens is 473 g/mol. The molecule has 0 amide bonds. The monoisotopic (exact) mass is 485 g/mol. The van der Waals surface area contributed by atoms with Gasteiger partial charge >= 0.3 is 12.8 Å². The van der Waals surface area contributed by atoms with Gasteiger partial charge in [0, 0.05) is 10.4 Å². The largest absolute Gasteiger partial charge is 0.433 e. The van der Waals surface area contributed by atoms with Gasteiger partial charge in [-0.05, 0) is 31.2 Å². The summed E-state index contributed by atoms with van der Waals surface area (Å²) < 4.78 is 70.6. The highest BCUT2D eigenvalue weighted by Gasteiger charge is 2.34. The molecular formula is C19H13ClF5N7O. The molecule has 0 radical (unpaired) electrons. The van der Waals surface area contributed by atoms with Crippen LogP contribution in [0.3, 0.4) is 0 Å². The van der Waals surface area contributed by atoms with E-state index in [1.54, 1.807) is 6.92 Å². The fourth-order valence-corrected chi connectivity index (χ4v) is 3.34. The molecule has 1 N–H and O–H groups in total. The van der Waals surface area contributed by atoms with Crippen molar-refractivity contribution in [2.75, 3.05) is 5.32 Å². The standard InChI is InChI=1S/C19H13ClF5N7O/c1-9(17-29-8-30-32(17)14-3-2-11(6-26-14)33-18(21)22)31-16-12-4-10(20)5-13(19(23,24)25)15(12)27-7-28-16/h2-9,18H,1H3,(H,27,28,31). The lowest BCUT2D eigenvalue weighted by Crippen LogP contribution is -2.16. The molecule has 0 spiro atoms. The number of fused-ring (bicyclic) bond motifs is 1. The van der Waals surface area contributed by atoms with Crippen LogP contribution in [0.2, 0.25) is 5.02 Å². The maximum atomic E-state index is 13.4. The van der Waals surface area contributed by atoms with Crippen molar-refractivity contribution in [3.8, 4) is 11.6 Å². The molecule has 14 heteroatoms. The van der Waals surface area contributed by atoms with Crippen molar-refractivity contribution in [3.63, 3.8) is 0 Å². The van der Waals surface area contributed by atoms with Crippen LogP contribution >= 0.6 is 11.6 Å². The summed E-state index contributed by atoms with van der Waals surface area (Å²) in [5, 5.41) is 7.01. The number of rotatable bonds is 6. The van der Waals surface area contributed by atoms with E-state index in [-0.39, 0.29) is 33.3 Å². The average molecular weight is 486 g/mol. The molecule has 3 heterocycles. The number of alkyl halides is 5. The number of halogens is 6. The second-order valence-electron chi connectivity index (χ2n) is 6.70. The van der Waals surface area contributed by atoms with Gasteiger partial charge in [-0.3, -0.25) is 0 Å². The van der Waals surface area contributed by atoms with Crippen molar-refractivity contribution in [1.82, 2.24) is 29.7 Å². The minimum Gasteiger partial charge on any atom is -0.433 e. The number of ether oxygens (including phenoxy) is 1. The van der Waals surface area contributed by atoms with Gasteiger partial charge < -0.3 is 10.1 Å². The number of nitrogens with zero attached hydrogens (tertiary/aromatic N) is 6. The number of hydrogen-bond acceptors (Lipinski definition) is 7. The summed E-state index contributed by atoms with van der Waals surface area (Å²) in [5.74, 6) is 0.553. The van der Waals surface area contributed by atoms with Crippen molar-refractivity contribution < 1.29 is 26.7 Å². The lowest BCUT2D eigenvalue weighted by molar-refractivity contribution is -0.136. The van der Waals surface area contributed by atoms with Crippen molar-refractivity contribution in [3.05, 3.63) is 59.5 Å². The van der Waals surface area contributed by atoms with Crippen LogP contribution in [0.1, 0.15) is 24.4 Å². The Labute approximate surface area is 187 Å². The minimum atomic E-state index is -4.66. The van der Waals surface area contributed by atoms with Gasteiger partial charge in [0.2, 0.25) is 0 Å². The lowest BCUT2D eigenvalue weighted by atomic mass is 10.1. The number of benzene rings is 1. The number of pyridine rings is 1. The molecule has 0 aliphatic heterocycles. The molecule has 0 saturated carbocycles. The van der Waals surface area contributed by atoms with Crippen LogP contribution in [0.15, 0.2) is 43.1 Å². The Morgan fingerprint density at radius 1 is 1.06 bits per heavy atom. The van der Waals surface area contributed by atoms with Crippen LogP contribution in [-0.2, 0) is 6.18 Å². The number of anilines is 1. The normalized spacial score (nSPS) is 12.8. The van der Waals surface area contributed by atoms with Crippen LogP contribution in [0.5, 0.6) is 5.75 Å². The molecule has 4 aromatic rings. The molecule has 3 aromatic heterocycles. The Bertz CT molecular complexity index is 1280. The molecule has 0 fully saturated rings. The molecule has 0 bridgehead atoms. The summed E-state index contributed by atoms with van der Waals surface area (Å²) in [6.45, 7) is -1.31. The van der Waals surface area contributed by atoms with Gasteiger partial charge in [-0.1, -0.05) is 11.6 Å². The van der Waals surface area contributed by atoms with Crippen molar-refractivity contribution in [2.45, 2.75) is 25.8 Å². The first kappa shape index (κ1) is 22.6. The molecule has 0 saturated heterocycles. The summed E-state index contributed by atoms with van der Waals surface area (Å²) in [7, 11) is 0. The minimum absolute atomic E-state index is 0.0712. The maximum absolute atomic E-state index is 13.4. The Morgan fingerprint density at radius 2 is 1.85 bits per heavy atom. The third-order valence-corrected chi connectivity index (χ3v) is 4.70. The molecule has 4 rings (SSSR count). The molecule has 1 unspecified atom stereocenters. The van der Waals surface area contributed by atoms with Gasteiger partial charge in [0.1, 0.15) is 24.2 Å². The highest BCUT2D eigenvalue weighted by Crippen LogP contribution is 2.38. The Morgan fingerprint density at radius 3 is 2.52 bits per heavy atom. The second kappa shape index (κ2) is 8.73. The summed E-state index contributed by atoms with van der Waals surface area (Å²) in [4.78, 5) is 16.0. The molecule has 1 aromatic carbocycles. The fraction of sp³-hybridized carbons (Fsp3) is 0.211. The van der Waals surface area contributed by atoms with Crippen molar-refractivity contribution in [1.29, 1.82) is 0 Å². The summed E-state index contributed by atoms with van der Waals surface area (Å²) >= 11 is 5.91. The second-order valence-corrected chi connectivity index (χ2v) is 7.13. The summed E-state index contributed by atoms with van der Waals surface area (Å²) in [6.07, 6.45) is -1.31. The van der Waals surface area contributed by atoms with E-state index in [0.29, 0.717) is 5.82 Å². The summed E-state index contributed by atoms with van der Waals surface area (Å²) in [5.41, 5.74) is -1.30. The van der Waals surface area contributed by atoms with E-state index in [4.69, 9.17) is 11.6 Å². The molecule has 0 aliphatic rings. The first-order valence-corrected chi connectivity index (χ1v) is 9.60. The number of aromatic nitrogens is 6. The maximum Gasteiger partial charge on any atom is 0.418 e. The van der Waals surface area contributed by atoms with E-state index in [2.05, 4.69) is 35.1 Å². The zero-order chi connectivity index (χ0) is 23.8. The van der Waals surface area contributed by atoms with Crippen LogP contribution in [0, 0.1) is 0 Å². The van der Waals surface area contributed by atoms with Gasteiger partial charge in [0.15, 0.2) is 11.6 Å². The van der Waals surface area contributed by atoms with Crippen LogP contribution in [0.25, 0.3) is 16.7 Å². The molecule has 8 nitrogen and oxygen atoms in total. The van der Waals surface area contributed by atoms with Crippen molar-refractivity contribution >= 4 is 28.3 Å². The highest BCUT2D eigenvalue weighted by molar-refractivity contribution is 6.31. The SMILES string of the molecule is CC(Nc1ncnc2c(C(F)(F)F)cc(Cl)cc12)c1ncnn1-c1ccc(OC(F)F)cn1. The summed E-state index contributed by atoms with van der Waals surface area (Å²) in [6, 6.07) is 4.20. The van der Waals surface area contributed by atoms with Gasteiger partial charge in [-0.2, -0.15) is 31.7 Å². The van der Waals surface area contributed by atoms with Crippen molar-refractivity contribution in [2.24, 2.45) is 0 Å². The topological polar surface area (TPSA) is 90.6 Å².